The normalized spacial score (nSPS) is 18.2. The van der Waals surface area contributed by atoms with Crippen molar-refractivity contribution in [2.45, 2.75) is 6.42 Å². The number of amides is 3. The topological polar surface area (TPSA) is 70.2 Å². The van der Waals surface area contributed by atoms with Crippen molar-refractivity contribution >= 4 is 24.0 Å². The van der Waals surface area contributed by atoms with E-state index in [1.54, 1.807) is 22.0 Å². The number of carbonyl (C=O) groups excluding carboxylic acids is 3. The van der Waals surface area contributed by atoms with Crippen molar-refractivity contribution in [1.29, 1.82) is 0 Å². The molecule has 0 unspecified atom stereocenters. The van der Waals surface area contributed by atoms with E-state index in [0.717, 1.165) is 12.0 Å². The molecule has 3 rings (SSSR count). The van der Waals surface area contributed by atoms with Crippen LogP contribution in [0.25, 0.3) is 6.08 Å². The van der Waals surface area contributed by atoms with E-state index in [9.17, 15) is 14.4 Å². The Kier molecular flexibility index (Phi) is 5.88. The molecule has 2 heterocycles. The first-order chi connectivity index (χ1) is 12.6. The van der Waals surface area contributed by atoms with Gasteiger partial charge in [-0.05, 0) is 18.1 Å². The van der Waals surface area contributed by atoms with E-state index in [-0.39, 0.29) is 18.4 Å². The molecule has 26 heavy (non-hydrogen) atoms. The van der Waals surface area contributed by atoms with E-state index < -0.39 is 6.09 Å². The molecular weight excluding hydrogens is 334 g/mol. The highest BCUT2D eigenvalue weighted by atomic mass is 16.6. The standard InChI is InChI=1S/C19H23N3O4/c23-17(8-7-16-5-2-1-3-6-16)20-9-4-10-21(12-11-20)18(24)15-22-13-14-26-19(22)25/h1-3,5-8H,4,9-15H2. The fourth-order valence-electron chi connectivity index (χ4n) is 3.06. The molecule has 0 N–H and O–H groups in total. The number of hydrogen-bond acceptors (Lipinski definition) is 4. The van der Waals surface area contributed by atoms with Gasteiger partial charge in [0.15, 0.2) is 0 Å². The van der Waals surface area contributed by atoms with Crippen LogP contribution in [0.15, 0.2) is 36.4 Å². The molecule has 2 aliphatic rings. The van der Waals surface area contributed by atoms with Crippen LogP contribution in [0.4, 0.5) is 4.79 Å². The highest BCUT2D eigenvalue weighted by Gasteiger charge is 2.27. The largest absolute Gasteiger partial charge is 0.448 e. The van der Waals surface area contributed by atoms with Gasteiger partial charge in [0, 0.05) is 32.3 Å². The van der Waals surface area contributed by atoms with E-state index in [1.165, 1.54) is 4.90 Å². The van der Waals surface area contributed by atoms with Gasteiger partial charge < -0.3 is 14.5 Å². The van der Waals surface area contributed by atoms with Crippen molar-refractivity contribution in [3.8, 4) is 0 Å². The van der Waals surface area contributed by atoms with Gasteiger partial charge in [-0.15, -0.1) is 0 Å². The van der Waals surface area contributed by atoms with Crippen LogP contribution in [0, 0.1) is 0 Å². The molecule has 2 fully saturated rings. The second-order valence-electron chi connectivity index (χ2n) is 6.34. The van der Waals surface area contributed by atoms with Crippen molar-refractivity contribution in [2.75, 3.05) is 45.9 Å². The molecule has 0 spiro atoms. The molecule has 2 aliphatic heterocycles. The van der Waals surface area contributed by atoms with Crippen LogP contribution in [0.2, 0.25) is 0 Å². The smallest absolute Gasteiger partial charge is 0.410 e. The molecular formula is C19H23N3O4. The maximum atomic E-state index is 12.4. The zero-order chi connectivity index (χ0) is 18.4. The highest BCUT2D eigenvalue weighted by Crippen LogP contribution is 2.09. The molecule has 7 nitrogen and oxygen atoms in total. The SMILES string of the molecule is O=C(C=Cc1ccccc1)N1CCCN(C(=O)CN2CCOC2=O)CC1. The zero-order valence-electron chi connectivity index (χ0n) is 14.7. The van der Waals surface area contributed by atoms with Crippen LogP contribution in [-0.4, -0.2) is 78.5 Å². The summed E-state index contributed by atoms with van der Waals surface area (Å²) in [5.74, 6) is -0.149. The summed E-state index contributed by atoms with van der Waals surface area (Å²) in [4.78, 5) is 41.1. The number of cyclic esters (lactones) is 1. The Hall–Kier alpha value is -2.83. The zero-order valence-corrected chi connectivity index (χ0v) is 14.7. The molecule has 2 saturated heterocycles. The van der Waals surface area contributed by atoms with Gasteiger partial charge in [-0.1, -0.05) is 30.3 Å². The average Bonchev–Trinajstić information content (AvgIpc) is 2.91. The Morgan fingerprint density at radius 1 is 1.00 bits per heavy atom. The van der Waals surface area contributed by atoms with Gasteiger partial charge in [-0.25, -0.2) is 4.79 Å². The average molecular weight is 357 g/mol. The van der Waals surface area contributed by atoms with Gasteiger partial charge in [-0.3, -0.25) is 14.5 Å². The van der Waals surface area contributed by atoms with Crippen molar-refractivity contribution in [3.63, 3.8) is 0 Å². The first-order valence-corrected chi connectivity index (χ1v) is 8.85. The first-order valence-electron chi connectivity index (χ1n) is 8.85. The minimum absolute atomic E-state index is 0.0424. The van der Waals surface area contributed by atoms with Crippen LogP contribution in [0.5, 0.6) is 0 Å². The Balaban J connectivity index is 1.51. The molecule has 0 saturated carbocycles. The number of hydrogen-bond donors (Lipinski definition) is 0. The molecule has 0 aromatic heterocycles. The molecule has 0 radical (unpaired) electrons. The molecule has 7 heteroatoms. The van der Waals surface area contributed by atoms with Gasteiger partial charge in [0.2, 0.25) is 11.8 Å². The Bertz CT molecular complexity index is 689. The predicted molar refractivity (Wildman–Crippen MR) is 96.2 cm³/mol. The van der Waals surface area contributed by atoms with E-state index in [4.69, 9.17) is 4.74 Å². The maximum Gasteiger partial charge on any atom is 0.410 e. The Morgan fingerprint density at radius 3 is 2.46 bits per heavy atom. The molecule has 1 aromatic carbocycles. The number of benzene rings is 1. The summed E-state index contributed by atoms with van der Waals surface area (Å²) in [6, 6.07) is 9.67. The van der Waals surface area contributed by atoms with E-state index >= 15 is 0 Å². The number of carbonyl (C=O) groups is 3. The lowest BCUT2D eigenvalue weighted by molar-refractivity contribution is -0.132. The molecule has 0 aliphatic carbocycles. The fraction of sp³-hybridized carbons (Fsp3) is 0.421. The van der Waals surface area contributed by atoms with E-state index in [2.05, 4.69) is 0 Å². The van der Waals surface area contributed by atoms with E-state index in [1.807, 2.05) is 30.3 Å². The Morgan fingerprint density at radius 2 is 1.73 bits per heavy atom. The molecule has 138 valence electrons. The highest BCUT2D eigenvalue weighted by molar-refractivity contribution is 5.92. The minimum atomic E-state index is -0.434. The summed E-state index contributed by atoms with van der Waals surface area (Å²) in [7, 11) is 0. The lowest BCUT2D eigenvalue weighted by Crippen LogP contribution is -2.42. The first kappa shape index (κ1) is 18.0. The molecule has 0 bridgehead atoms. The van der Waals surface area contributed by atoms with Crippen LogP contribution >= 0.6 is 0 Å². The van der Waals surface area contributed by atoms with Gasteiger partial charge in [0.1, 0.15) is 13.2 Å². The summed E-state index contributed by atoms with van der Waals surface area (Å²) in [5.41, 5.74) is 0.977. The van der Waals surface area contributed by atoms with Crippen LogP contribution in [0.3, 0.4) is 0 Å². The van der Waals surface area contributed by atoms with Crippen LogP contribution in [0.1, 0.15) is 12.0 Å². The van der Waals surface area contributed by atoms with Crippen molar-refractivity contribution < 1.29 is 19.1 Å². The molecule has 1 aromatic rings. The third-order valence-corrected chi connectivity index (χ3v) is 4.55. The summed E-state index contributed by atoms with van der Waals surface area (Å²) >= 11 is 0. The van der Waals surface area contributed by atoms with E-state index in [0.29, 0.717) is 39.3 Å². The van der Waals surface area contributed by atoms with Crippen molar-refractivity contribution in [3.05, 3.63) is 42.0 Å². The fourth-order valence-corrected chi connectivity index (χ4v) is 3.06. The van der Waals surface area contributed by atoms with Crippen molar-refractivity contribution in [2.24, 2.45) is 0 Å². The van der Waals surface area contributed by atoms with Crippen molar-refractivity contribution in [1.82, 2.24) is 14.7 Å². The Labute approximate surface area is 152 Å². The summed E-state index contributed by atoms with van der Waals surface area (Å²) in [5, 5.41) is 0. The number of ether oxygens (including phenoxy) is 1. The van der Waals surface area contributed by atoms with Gasteiger partial charge >= 0.3 is 6.09 Å². The number of rotatable bonds is 4. The molecule has 3 amide bonds. The maximum absolute atomic E-state index is 12.4. The quantitative estimate of drug-likeness (QED) is 0.760. The second-order valence-corrected chi connectivity index (χ2v) is 6.34. The van der Waals surface area contributed by atoms with Gasteiger partial charge in [-0.2, -0.15) is 0 Å². The predicted octanol–water partition coefficient (Wildman–Crippen LogP) is 1.21. The molecule has 0 atom stereocenters. The third-order valence-electron chi connectivity index (χ3n) is 4.55. The lowest BCUT2D eigenvalue weighted by atomic mass is 10.2. The van der Waals surface area contributed by atoms with Gasteiger partial charge in [0.05, 0.1) is 6.54 Å². The lowest BCUT2D eigenvalue weighted by Gasteiger charge is -2.23. The third kappa shape index (κ3) is 4.62. The second kappa shape index (κ2) is 8.51. The monoisotopic (exact) mass is 357 g/mol. The summed E-state index contributed by atoms with van der Waals surface area (Å²) in [6.45, 7) is 3.01. The summed E-state index contributed by atoms with van der Waals surface area (Å²) in [6.07, 6.45) is 3.67. The minimum Gasteiger partial charge on any atom is -0.448 e. The number of nitrogens with zero attached hydrogens (tertiary/aromatic N) is 3. The van der Waals surface area contributed by atoms with Gasteiger partial charge in [0.25, 0.3) is 0 Å². The summed E-state index contributed by atoms with van der Waals surface area (Å²) < 4.78 is 4.85. The van der Waals surface area contributed by atoms with Crippen LogP contribution in [-0.2, 0) is 14.3 Å². The van der Waals surface area contributed by atoms with Crippen LogP contribution < -0.4 is 0 Å².